The Kier molecular flexibility index (Phi) is 3.79. The van der Waals surface area contributed by atoms with Crippen LogP contribution in [0.15, 0.2) is 29.7 Å². The van der Waals surface area contributed by atoms with Crippen LogP contribution in [0.25, 0.3) is 0 Å². The van der Waals surface area contributed by atoms with Gasteiger partial charge in [-0.2, -0.15) is 0 Å². The largest absolute Gasteiger partial charge is 0.410 e. The Morgan fingerprint density at radius 3 is 3.00 bits per heavy atom. The third-order valence-corrected chi connectivity index (χ3v) is 1.93. The van der Waals surface area contributed by atoms with Gasteiger partial charge in [0.1, 0.15) is 12.8 Å². The number of pyridine rings is 1. The summed E-state index contributed by atoms with van der Waals surface area (Å²) >= 11 is 0. The van der Waals surface area contributed by atoms with Crippen LogP contribution in [-0.4, -0.2) is 16.8 Å². The minimum atomic E-state index is -0.371. The molecule has 0 aliphatic rings. The van der Waals surface area contributed by atoms with Crippen molar-refractivity contribution in [3.63, 3.8) is 0 Å². The Morgan fingerprint density at radius 1 is 1.67 bits per heavy atom. The summed E-state index contributed by atoms with van der Waals surface area (Å²) in [6.07, 6.45) is 3.82. The Balaban J connectivity index is 2.54. The van der Waals surface area contributed by atoms with Crippen LogP contribution in [0.1, 0.15) is 12.5 Å². The van der Waals surface area contributed by atoms with Crippen LogP contribution in [0, 0.1) is 0 Å². The van der Waals surface area contributed by atoms with E-state index in [1.54, 1.807) is 0 Å². The zero-order chi connectivity index (χ0) is 11.3. The molecule has 0 fully saturated rings. The molecule has 0 bridgehead atoms. The normalized spacial score (nSPS) is 11.2. The summed E-state index contributed by atoms with van der Waals surface area (Å²) in [6.45, 7) is 1.86. The molecule has 2 N–H and O–H groups in total. The van der Waals surface area contributed by atoms with Crippen molar-refractivity contribution in [2.24, 2.45) is 12.2 Å². The number of amides is 1. The molecule has 15 heavy (non-hydrogen) atoms. The molecule has 0 unspecified atom stereocenters. The molecule has 1 rings (SSSR count). The first-order valence-electron chi connectivity index (χ1n) is 4.54. The molecule has 80 valence electrons. The topological polar surface area (TPSA) is 65.6 Å². The lowest BCUT2D eigenvalue weighted by Crippen LogP contribution is -2.31. The molecule has 1 aromatic rings. The quantitative estimate of drug-likeness (QED) is 0.317. The van der Waals surface area contributed by atoms with Gasteiger partial charge in [-0.1, -0.05) is 5.16 Å². The second-order valence-electron chi connectivity index (χ2n) is 3.25. The lowest BCUT2D eigenvalue weighted by atomic mass is 10.3. The molecule has 0 spiro atoms. The van der Waals surface area contributed by atoms with Gasteiger partial charge in [0, 0.05) is 18.2 Å². The Bertz CT molecular complexity index is 388. The van der Waals surface area contributed by atoms with Gasteiger partial charge in [0.15, 0.2) is 12.4 Å². The maximum atomic E-state index is 11.2. The summed E-state index contributed by atoms with van der Waals surface area (Å²) in [4.78, 5) is 11.2. The number of nitrogens with zero attached hydrogens (tertiary/aromatic N) is 2. The zero-order valence-corrected chi connectivity index (χ0v) is 8.77. The Morgan fingerprint density at radius 2 is 2.40 bits per heavy atom. The predicted octanol–water partition coefficient (Wildman–Crippen LogP) is -0.0226. The van der Waals surface area contributed by atoms with Crippen LogP contribution in [0.2, 0.25) is 0 Å². The summed E-state index contributed by atoms with van der Waals surface area (Å²) in [5.74, 6) is -0.371. The van der Waals surface area contributed by atoms with Gasteiger partial charge in [-0.05, 0) is 13.0 Å². The fraction of sp³-hybridized carbons (Fsp3) is 0.300. The molecular weight excluding hydrogens is 194 g/mol. The lowest BCUT2D eigenvalue weighted by Gasteiger charge is -2.02. The SMILES string of the molecule is CC(=NO)C(=O)NCc1ccc[n+](C)c1. The van der Waals surface area contributed by atoms with Crippen molar-refractivity contribution in [2.45, 2.75) is 13.5 Å². The molecule has 5 heteroatoms. The molecule has 5 nitrogen and oxygen atoms in total. The smallest absolute Gasteiger partial charge is 0.269 e. The van der Waals surface area contributed by atoms with Crippen LogP contribution in [0.5, 0.6) is 0 Å². The molecule has 0 saturated heterocycles. The van der Waals surface area contributed by atoms with Crippen molar-refractivity contribution < 1.29 is 14.6 Å². The maximum Gasteiger partial charge on any atom is 0.269 e. The van der Waals surface area contributed by atoms with Gasteiger partial charge in [0.2, 0.25) is 0 Å². The average Bonchev–Trinajstić information content (AvgIpc) is 2.25. The summed E-state index contributed by atoms with van der Waals surface area (Å²) < 4.78 is 1.90. The van der Waals surface area contributed by atoms with Crippen LogP contribution >= 0.6 is 0 Å². The third kappa shape index (κ3) is 3.38. The highest BCUT2D eigenvalue weighted by Gasteiger charge is 2.06. The monoisotopic (exact) mass is 208 g/mol. The predicted molar refractivity (Wildman–Crippen MR) is 54.4 cm³/mol. The molecular formula is C10H14N3O2+. The number of nitrogens with one attached hydrogen (secondary N) is 1. The number of carbonyl (C=O) groups is 1. The summed E-state index contributed by atoms with van der Waals surface area (Å²) in [6, 6.07) is 3.81. The van der Waals surface area contributed by atoms with E-state index in [2.05, 4.69) is 10.5 Å². The van der Waals surface area contributed by atoms with Crippen molar-refractivity contribution in [3.8, 4) is 0 Å². The number of aromatic nitrogens is 1. The third-order valence-electron chi connectivity index (χ3n) is 1.93. The fourth-order valence-electron chi connectivity index (χ4n) is 1.11. The van der Waals surface area contributed by atoms with E-state index in [1.165, 1.54) is 6.92 Å². The number of aryl methyl sites for hydroxylation is 1. The lowest BCUT2D eigenvalue weighted by molar-refractivity contribution is -0.671. The minimum Gasteiger partial charge on any atom is -0.410 e. The van der Waals surface area contributed by atoms with Crippen molar-refractivity contribution in [1.82, 2.24) is 5.32 Å². The van der Waals surface area contributed by atoms with Gasteiger partial charge in [0.05, 0.1) is 0 Å². The molecule has 1 aromatic heterocycles. The van der Waals surface area contributed by atoms with E-state index in [-0.39, 0.29) is 11.6 Å². The van der Waals surface area contributed by atoms with Crippen LogP contribution in [-0.2, 0) is 18.4 Å². The maximum absolute atomic E-state index is 11.2. The van der Waals surface area contributed by atoms with Crippen molar-refractivity contribution in [2.75, 3.05) is 0 Å². The van der Waals surface area contributed by atoms with E-state index >= 15 is 0 Å². The summed E-state index contributed by atoms with van der Waals surface area (Å²) in [5, 5.41) is 13.8. The Labute approximate surface area is 88.0 Å². The van der Waals surface area contributed by atoms with E-state index in [0.717, 1.165) is 5.56 Å². The molecule has 0 saturated carbocycles. The second-order valence-corrected chi connectivity index (χ2v) is 3.25. The first-order valence-corrected chi connectivity index (χ1v) is 4.54. The van der Waals surface area contributed by atoms with E-state index in [1.807, 2.05) is 36.1 Å². The standard InChI is InChI=1S/C10H13N3O2/c1-8(12-15)10(14)11-6-9-4-3-5-13(2)7-9/h3-5,7H,6H2,1-2H3,(H-,11,14,15)/p+1. The van der Waals surface area contributed by atoms with Gasteiger partial charge in [-0.15, -0.1) is 0 Å². The molecule has 0 aromatic carbocycles. The number of hydrogen-bond acceptors (Lipinski definition) is 3. The highest BCUT2D eigenvalue weighted by atomic mass is 16.4. The first-order chi connectivity index (χ1) is 7.13. The number of hydrogen-bond donors (Lipinski definition) is 2. The molecule has 0 radical (unpaired) electrons. The van der Waals surface area contributed by atoms with Crippen molar-refractivity contribution in [1.29, 1.82) is 0 Å². The van der Waals surface area contributed by atoms with E-state index in [0.29, 0.717) is 6.54 Å². The molecule has 1 amide bonds. The van der Waals surface area contributed by atoms with Gasteiger partial charge in [-0.3, -0.25) is 4.79 Å². The highest BCUT2D eigenvalue weighted by Crippen LogP contribution is 1.92. The van der Waals surface area contributed by atoms with Crippen LogP contribution < -0.4 is 9.88 Å². The van der Waals surface area contributed by atoms with E-state index < -0.39 is 0 Å². The second kappa shape index (κ2) is 5.09. The molecule has 0 aliphatic carbocycles. The molecule has 0 atom stereocenters. The van der Waals surface area contributed by atoms with Gasteiger partial charge < -0.3 is 10.5 Å². The van der Waals surface area contributed by atoms with Crippen LogP contribution in [0.4, 0.5) is 0 Å². The van der Waals surface area contributed by atoms with Gasteiger partial charge in [-0.25, -0.2) is 4.57 Å². The summed E-state index contributed by atoms with van der Waals surface area (Å²) in [7, 11) is 1.91. The highest BCUT2D eigenvalue weighted by molar-refractivity contribution is 6.37. The number of carbonyl (C=O) groups excluding carboxylic acids is 1. The van der Waals surface area contributed by atoms with Gasteiger partial charge >= 0.3 is 0 Å². The van der Waals surface area contributed by atoms with E-state index in [4.69, 9.17) is 5.21 Å². The van der Waals surface area contributed by atoms with Crippen molar-refractivity contribution >= 4 is 11.6 Å². The van der Waals surface area contributed by atoms with Crippen molar-refractivity contribution in [3.05, 3.63) is 30.1 Å². The zero-order valence-electron chi connectivity index (χ0n) is 8.77. The fourth-order valence-corrected chi connectivity index (χ4v) is 1.11. The first kappa shape index (κ1) is 11.2. The number of oxime groups is 1. The summed E-state index contributed by atoms with van der Waals surface area (Å²) in [5.41, 5.74) is 1.04. The van der Waals surface area contributed by atoms with Gasteiger partial charge in [0.25, 0.3) is 5.91 Å². The minimum absolute atomic E-state index is 0.0512. The van der Waals surface area contributed by atoms with Crippen LogP contribution in [0.3, 0.4) is 0 Å². The Hall–Kier alpha value is -1.91. The average molecular weight is 208 g/mol. The number of rotatable bonds is 3. The molecule has 0 aliphatic heterocycles. The van der Waals surface area contributed by atoms with E-state index in [9.17, 15) is 4.79 Å². The molecule has 1 heterocycles.